The molecule has 3 rings (SSSR count). The van der Waals surface area contributed by atoms with Crippen LogP contribution in [0.1, 0.15) is 12.6 Å². The molecule has 0 aromatic carbocycles. The number of nitrogens with one attached hydrogen (secondary N) is 1. The van der Waals surface area contributed by atoms with E-state index in [0.29, 0.717) is 5.57 Å². The van der Waals surface area contributed by atoms with Gasteiger partial charge in [0.05, 0.1) is 11.3 Å². The van der Waals surface area contributed by atoms with Crippen molar-refractivity contribution in [1.29, 1.82) is 0 Å². The normalized spacial score (nSPS) is 21.8. The Morgan fingerprint density at radius 1 is 1.48 bits per heavy atom. The fourth-order valence-electron chi connectivity index (χ4n) is 3.01. The lowest BCUT2D eigenvalue weighted by Crippen LogP contribution is -2.70. The van der Waals surface area contributed by atoms with Crippen LogP contribution in [0.15, 0.2) is 22.1 Å². The Kier molecular flexibility index (Phi) is 6.81. The van der Waals surface area contributed by atoms with E-state index in [-0.39, 0.29) is 34.5 Å². The Hall–Kier alpha value is -2.71. The molecular weight excluding hydrogens is 468 g/mol. The average Bonchev–Trinajstić information content (AvgIpc) is 3.13. The van der Waals surface area contributed by atoms with Gasteiger partial charge in [-0.1, -0.05) is 0 Å². The number of anilines is 1. The van der Waals surface area contributed by atoms with Crippen LogP contribution in [-0.2, 0) is 34.7 Å². The van der Waals surface area contributed by atoms with Crippen LogP contribution in [0.5, 0.6) is 0 Å². The molecule has 166 valence electrons. The first-order chi connectivity index (χ1) is 14.6. The van der Waals surface area contributed by atoms with Crippen molar-refractivity contribution in [3.05, 3.63) is 27.8 Å². The molecule has 11 nitrogen and oxygen atoms in total. The average molecular weight is 487 g/mol. The highest BCUT2D eigenvalue weighted by Gasteiger charge is 2.54. The quantitative estimate of drug-likeness (QED) is 0.265. The van der Waals surface area contributed by atoms with Crippen molar-refractivity contribution >= 4 is 68.4 Å². The lowest BCUT2D eigenvalue weighted by atomic mass is 10.0. The third-order valence-corrected chi connectivity index (χ3v) is 6.89. The fourth-order valence-corrected chi connectivity index (χ4v) is 5.46. The number of nitrogens with two attached hydrogens (primary N) is 1. The lowest BCUT2D eigenvalue weighted by Gasteiger charge is -2.49. The molecule has 0 bridgehead atoms. The van der Waals surface area contributed by atoms with Gasteiger partial charge < -0.3 is 20.9 Å². The maximum Gasteiger partial charge on any atom is 0.352 e. The largest absolute Gasteiger partial charge is 0.477 e. The number of thioether (sulfide) groups is 1. The molecule has 0 spiro atoms. The number of aromatic nitrogens is 1. The number of ether oxygens (including phenoxy) is 1. The summed E-state index contributed by atoms with van der Waals surface area (Å²) in [5, 5.41) is 14.5. The van der Waals surface area contributed by atoms with E-state index >= 15 is 0 Å². The van der Waals surface area contributed by atoms with E-state index in [9.17, 15) is 28.5 Å². The van der Waals surface area contributed by atoms with Crippen molar-refractivity contribution in [2.45, 2.75) is 18.3 Å². The second-order valence-corrected chi connectivity index (χ2v) is 9.73. The van der Waals surface area contributed by atoms with Crippen molar-refractivity contribution in [3.8, 4) is 0 Å². The van der Waals surface area contributed by atoms with Gasteiger partial charge in [-0.3, -0.25) is 23.5 Å². The summed E-state index contributed by atoms with van der Waals surface area (Å²) >= 11 is 2.34. The van der Waals surface area contributed by atoms with E-state index in [4.69, 9.17) is 10.5 Å². The highest BCUT2D eigenvalue weighted by Crippen LogP contribution is 2.40. The molecule has 2 aliphatic heterocycles. The SMILES string of the molecule is CC(=O)OCC1=C(C(=O)O)N2C(=O)C(NC(=O)/C(=C/S(C)=O)c3csc(N)n3)[C@@H]2SC1. The maximum atomic E-state index is 12.8. The van der Waals surface area contributed by atoms with Gasteiger partial charge in [-0.05, 0) is 0 Å². The molecule has 1 aromatic rings. The van der Waals surface area contributed by atoms with E-state index in [1.807, 2.05) is 0 Å². The number of esters is 1. The van der Waals surface area contributed by atoms with Gasteiger partial charge in [-0.15, -0.1) is 23.1 Å². The molecule has 1 saturated heterocycles. The van der Waals surface area contributed by atoms with Crippen molar-refractivity contribution < 1.29 is 33.2 Å². The number of hydrogen-bond donors (Lipinski definition) is 3. The standard InChI is InChI=1S/C17H18N4O7S3/c1-7(22)28-3-8-4-29-15-11(14(24)21(15)12(8)16(25)26)20-13(23)9(6-31(2)27)10-5-30-17(18)19-10/h5-6,11,15H,3-4H2,1-2H3,(H2,18,19)(H,20,23)(H,25,26)/b9-6+/t11?,15-,31?/m0/s1. The monoisotopic (exact) mass is 486 g/mol. The summed E-state index contributed by atoms with van der Waals surface area (Å²) in [6, 6.07) is -0.980. The van der Waals surface area contributed by atoms with Crippen LogP contribution in [0.4, 0.5) is 5.13 Å². The van der Waals surface area contributed by atoms with Gasteiger partial charge in [0, 0.05) is 46.1 Å². The minimum Gasteiger partial charge on any atom is -0.477 e. The molecule has 0 aliphatic carbocycles. The Labute approximate surface area is 187 Å². The first kappa shape index (κ1) is 23.0. The van der Waals surface area contributed by atoms with E-state index in [2.05, 4.69) is 10.3 Å². The van der Waals surface area contributed by atoms with Gasteiger partial charge in [0.2, 0.25) is 0 Å². The third-order valence-electron chi connectivity index (χ3n) is 4.31. The number of β-lactam (4-membered cyclic amide) rings is 1. The van der Waals surface area contributed by atoms with Gasteiger partial charge >= 0.3 is 11.9 Å². The predicted molar refractivity (Wildman–Crippen MR) is 115 cm³/mol. The van der Waals surface area contributed by atoms with Crippen LogP contribution in [0, 0.1) is 0 Å². The van der Waals surface area contributed by atoms with Crippen molar-refractivity contribution in [1.82, 2.24) is 15.2 Å². The zero-order chi connectivity index (χ0) is 22.9. The van der Waals surface area contributed by atoms with Gasteiger partial charge in [-0.25, -0.2) is 9.78 Å². The van der Waals surface area contributed by atoms with E-state index in [0.717, 1.165) is 16.2 Å². The molecule has 3 atom stereocenters. The summed E-state index contributed by atoms with van der Waals surface area (Å²) in [6.45, 7) is 0.961. The number of carboxylic acid groups (broad SMARTS) is 1. The van der Waals surface area contributed by atoms with Crippen LogP contribution in [0.2, 0.25) is 0 Å². The highest BCUT2D eigenvalue weighted by atomic mass is 32.2. The molecule has 2 unspecified atom stereocenters. The molecule has 14 heteroatoms. The third kappa shape index (κ3) is 4.80. The van der Waals surface area contributed by atoms with Crippen LogP contribution in [-0.4, -0.2) is 73.0 Å². The van der Waals surface area contributed by atoms with Crippen molar-refractivity contribution in [2.75, 3.05) is 24.3 Å². The van der Waals surface area contributed by atoms with Crippen LogP contribution >= 0.6 is 23.1 Å². The van der Waals surface area contributed by atoms with E-state index in [1.54, 1.807) is 0 Å². The van der Waals surface area contributed by atoms with Gasteiger partial charge in [-0.2, -0.15) is 0 Å². The van der Waals surface area contributed by atoms with Gasteiger partial charge in [0.1, 0.15) is 23.7 Å². The smallest absolute Gasteiger partial charge is 0.352 e. The van der Waals surface area contributed by atoms with Crippen molar-refractivity contribution in [2.24, 2.45) is 0 Å². The first-order valence-electron chi connectivity index (χ1n) is 8.69. The summed E-state index contributed by atoms with van der Waals surface area (Å²) in [7, 11) is -1.47. The lowest BCUT2D eigenvalue weighted by molar-refractivity contribution is -0.150. The van der Waals surface area contributed by atoms with Crippen molar-refractivity contribution in [3.63, 3.8) is 0 Å². The van der Waals surface area contributed by atoms with Gasteiger partial charge in [0.25, 0.3) is 11.8 Å². The molecular formula is C17H18N4O7S3. The first-order valence-corrected chi connectivity index (χ1v) is 12.2. The van der Waals surface area contributed by atoms with Crippen LogP contribution in [0.3, 0.4) is 0 Å². The highest BCUT2D eigenvalue weighted by molar-refractivity contribution is 8.00. The zero-order valence-corrected chi connectivity index (χ0v) is 18.8. The number of fused-ring (bicyclic) bond motifs is 1. The molecule has 0 saturated carbocycles. The summed E-state index contributed by atoms with van der Waals surface area (Å²) in [4.78, 5) is 53.4. The van der Waals surface area contributed by atoms with Gasteiger partial charge in [0.15, 0.2) is 5.13 Å². The Morgan fingerprint density at radius 3 is 2.74 bits per heavy atom. The van der Waals surface area contributed by atoms with Crippen LogP contribution < -0.4 is 11.1 Å². The molecule has 1 fully saturated rings. The van der Waals surface area contributed by atoms with Crippen LogP contribution in [0.25, 0.3) is 5.57 Å². The molecule has 1 aromatic heterocycles. The summed E-state index contributed by atoms with van der Waals surface area (Å²) in [5.41, 5.74) is 5.89. The summed E-state index contributed by atoms with van der Waals surface area (Å²) < 4.78 is 16.6. The minimum absolute atomic E-state index is 0.00499. The van der Waals surface area contributed by atoms with E-state index < -0.39 is 46.0 Å². The molecule has 2 aliphatic rings. The zero-order valence-electron chi connectivity index (χ0n) is 16.3. The number of carbonyl (C=O) groups excluding carboxylic acids is 3. The molecule has 31 heavy (non-hydrogen) atoms. The number of thiazole rings is 1. The predicted octanol–water partition coefficient (Wildman–Crippen LogP) is -0.254. The Morgan fingerprint density at radius 2 is 2.19 bits per heavy atom. The maximum absolute atomic E-state index is 12.8. The number of amides is 2. The number of carboxylic acids is 1. The minimum atomic E-state index is -1.47. The molecule has 0 radical (unpaired) electrons. The molecule has 4 N–H and O–H groups in total. The number of carbonyl (C=O) groups is 4. The molecule has 2 amide bonds. The summed E-state index contributed by atoms with van der Waals surface area (Å²) in [6.07, 6.45) is 1.38. The second-order valence-electron chi connectivity index (χ2n) is 6.50. The number of rotatable bonds is 7. The molecule has 3 heterocycles. The number of nitrogens with zero attached hydrogens (tertiary/aromatic N) is 2. The Balaban J connectivity index is 1.80. The van der Waals surface area contributed by atoms with E-state index in [1.165, 1.54) is 35.7 Å². The summed E-state index contributed by atoms with van der Waals surface area (Å²) in [5.74, 6) is -2.98. The fraction of sp³-hybridized carbons (Fsp3) is 0.353. The number of nitrogen functional groups attached to an aromatic ring is 1. The topological polar surface area (TPSA) is 169 Å². The Bertz CT molecular complexity index is 1050. The number of hydrogen-bond acceptors (Lipinski definition) is 10. The second kappa shape index (κ2) is 9.20. The number of aliphatic carboxylic acids is 1.